The quantitative estimate of drug-likeness (QED) is 0.813. The normalized spacial score (nSPS) is 14.8. The molecule has 5 nitrogen and oxygen atoms in total. The molecular weight excluding hydrogens is 286 g/mol. The fourth-order valence-electron chi connectivity index (χ4n) is 2.08. The van der Waals surface area contributed by atoms with Gasteiger partial charge in [0.1, 0.15) is 0 Å². The van der Waals surface area contributed by atoms with Crippen LogP contribution in [0, 0.1) is 0 Å². The van der Waals surface area contributed by atoms with Crippen LogP contribution in [0.15, 0.2) is 35.2 Å². The molecule has 1 N–H and O–H groups in total. The number of piperazine rings is 1. The first-order valence-corrected chi connectivity index (χ1v) is 8.05. The van der Waals surface area contributed by atoms with Crippen LogP contribution in [0.5, 0.6) is 0 Å². The number of carbonyl (C=O) groups excluding carboxylic acids is 2. The number of likely N-dealkylation sites (N-methyl/N-ethyl adjacent to an activating group) is 1. The van der Waals surface area contributed by atoms with E-state index < -0.39 is 0 Å². The molecule has 2 rings (SSSR count). The van der Waals surface area contributed by atoms with Gasteiger partial charge in [-0.2, -0.15) is 0 Å². The van der Waals surface area contributed by atoms with E-state index in [9.17, 15) is 9.59 Å². The monoisotopic (exact) mass is 307 g/mol. The van der Waals surface area contributed by atoms with Gasteiger partial charge in [-0.25, -0.2) is 0 Å². The van der Waals surface area contributed by atoms with E-state index in [1.807, 2.05) is 35.2 Å². The number of amides is 2. The fraction of sp³-hybridized carbons (Fsp3) is 0.467. The predicted octanol–water partition coefficient (Wildman–Crippen LogP) is 0.669. The average molecular weight is 307 g/mol. The Kier molecular flexibility index (Phi) is 6.07. The van der Waals surface area contributed by atoms with E-state index in [0.717, 1.165) is 31.1 Å². The van der Waals surface area contributed by atoms with Crippen LogP contribution in [0.1, 0.15) is 0 Å². The van der Waals surface area contributed by atoms with Crippen LogP contribution in [0.4, 0.5) is 0 Å². The van der Waals surface area contributed by atoms with Gasteiger partial charge >= 0.3 is 0 Å². The lowest BCUT2D eigenvalue weighted by Crippen LogP contribution is -2.50. The van der Waals surface area contributed by atoms with Crippen LogP contribution < -0.4 is 5.32 Å². The number of carbonyl (C=O) groups is 2. The molecule has 0 atom stereocenters. The molecule has 1 aromatic rings. The number of thioether (sulfide) groups is 1. The van der Waals surface area contributed by atoms with Crippen LogP contribution in [-0.2, 0) is 9.59 Å². The first-order valence-electron chi connectivity index (χ1n) is 7.07. The Morgan fingerprint density at radius 1 is 1.24 bits per heavy atom. The minimum atomic E-state index is -0.0210. The summed E-state index contributed by atoms with van der Waals surface area (Å²) in [6.07, 6.45) is 0. The summed E-state index contributed by atoms with van der Waals surface area (Å²) in [4.78, 5) is 28.5. The van der Waals surface area contributed by atoms with Crippen molar-refractivity contribution < 1.29 is 9.59 Å². The van der Waals surface area contributed by atoms with Gasteiger partial charge in [0.05, 0.1) is 12.3 Å². The lowest BCUT2D eigenvalue weighted by molar-refractivity contribution is -0.138. The molecule has 0 unspecified atom stereocenters. The highest BCUT2D eigenvalue weighted by molar-refractivity contribution is 8.00. The van der Waals surface area contributed by atoms with Crippen molar-refractivity contribution in [2.24, 2.45) is 0 Å². The van der Waals surface area contributed by atoms with Crippen LogP contribution in [0.25, 0.3) is 0 Å². The predicted molar refractivity (Wildman–Crippen MR) is 84.3 cm³/mol. The lowest BCUT2D eigenvalue weighted by Gasteiger charge is -2.29. The van der Waals surface area contributed by atoms with Crippen LogP contribution in [-0.4, -0.2) is 67.1 Å². The molecule has 0 aliphatic carbocycles. The van der Waals surface area contributed by atoms with Crippen molar-refractivity contribution in [3.05, 3.63) is 30.3 Å². The summed E-state index contributed by atoms with van der Waals surface area (Å²) in [6, 6.07) is 9.80. The van der Waals surface area contributed by atoms with Crippen molar-refractivity contribution in [1.82, 2.24) is 15.1 Å². The molecule has 1 saturated heterocycles. The highest BCUT2D eigenvalue weighted by Gasteiger charge is 2.19. The molecular formula is C15H21N3O2S. The van der Waals surface area contributed by atoms with Crippen molar-refractivity contribution in [2.75, 3.05) is 45.5 Å². The summed E-state index contributed by atoms with van der Waals surface area (Å²) in [5, 5.41) is 3.21. The minimum Gasteiger partial charge on any atom is -0.339 e. The van der Waals surface area contributed by atoms with E-state index in [1.54, 1.807) is 7.05 Å². The summed E-state index contributed by atoms with van der Waals surface area (Å²) in [7, 11) is 1.69. The molecule has 6 heteroatoms. The third kappa shape index (κ3) is 5.06. The van der Waals surface area contributed by atoms with E-state index in [2.05, 4.69) is 5.32 Å². The second-order valence-corrected chi connectivity index (χ2v) is 6.03. The number of benzene rings is 1. The number of hydrogen-bond acceptors (Lipinski definition) is 4. The van der Waals surface area contributed by atoms with Gasteiger partial charge in [-0.15, -0.1) is 11.8 Å². The van der Waals surface area contributed by atoms with E-state index >= 15 is 0 Å². The molecule has 1 aliphatic heterocycles. The van der Waals surface area contributed by atoms with Gasteiger partial charge in [0.25, 0.3) is 0 Å². The highest BCUT2D eigenvalue weighted by Crippen LogP contribution is 2.17. The average Bonchev–Trinajstić information content (AvgIpc) is 2.54. The third-order valence-electron chi connectivity index (χ3n) is 3.37. The number of nitrogens with zero attached hydrogens (tertiary/aromatic N) is 2. The number of rotatable bonds is 5. The van der Waals surface area contributed by atoms with E-state index in [-0.39, 0.29) is 18.4 Å². The van der Waals surface area contributed by atoms with Crippen LogP contribution in [0.2, 0.25) is 0 Å². The van der Waals surface area contributed by atoms with Gasteiger partial charge in [0.15, 0.2) is 0 Å². The molecule has 1 fully saturated rings. The Balaban J connectivity index is 1.75. The maximum atomic E-state index is 12.1. The minimum absolute atomic E-state index is 0.0210. The van der Waals surface area contributed by atoms with Crippen LogP contribution >= 0.6 is 11.8 Å². The van der Waals surface area contributed by atoms with Crippen molar-refractivity contribution >= 4 is 23.6 Å². The molecule has 0 bridgehead atoms. The third-order valence-corrected chi connectivity index (χ3v) is 4.37. The van der Waals surface area contributed by atoms with E-state index in [1.165, 1.54) is 16.7 Å². The zero-order valence-electron chi connectivity index (χ0n) is 12.2. The van der Waals surface area contributed by atoms with Gasteiger partial charge in [0, 0.05) is 38.1 Å². The second kappa shape index (κ2) is 8.05. The Hall–Kier alpha value is -1.53. The summed E-state index contributed by atoms with van der Waals surface area (Å²) < 4.78 is 0. The summed E-state index contributed by atoms with van der Waals surface area (Å²) in [5.41, 5.74) is 0. The van der Waals surface area contributed by atoms with Crippen molar-refractivity contribution in [1.29, 1.82) is 0 Å². The Bertz CT molecular complexity index is 475. The van der Waals surface area contributed by atoms with Gasteiger partial charge in [-0.05, 0) is 12.1 Å². The molecule has 114 valence electrons. The summed E-state index contributed by atoms with van der Waals surface area (Å²) >= 11 is 1.49. The van der Waals surface area contributed by atoms with Gasteiger partial charge < -0.3 is 15.1 Å². The Labute approximate surface area is 129 Å². The zero-order valence-corrected chi connectivity index (χ0v) is 13.1. The second-order valence-electron chi connectivity index (χ2n) is 4.98. The molecule has 21 heavy (non-hydrogen) atoms. The SMILES string of the molecule is CN(CC(=O)N1CCNCC1)C(=O)CSc1ccccc1. The van der Waals surface area contributed by atoms with Crippen molar-refractivity contribution in [3.8, 4) is 0 Å². The topological polar surface area (TPSA) is 52.7 Å². The first-order chi connectivity index (χ1) is 10.2. The molecule has 2 amide bonds. The molecule has 0 aromatic heterocycles. The molecule has 1 aromatic carbocycles. The van der Waals surface area contributed by atoms with Crippen molar-refractivity contribution in [3.63, 3.8) is 0 Å². The zero-order chi connectivity index (χ0) is 15.1. The van der Waals surface area contributed by atoms with Gasteiger partial charge in [-0.1, -0.05) is 18.2 Å². The fourth-order valence-corrected chi connectivity index (χ4v) is 2.94. The smallest absolute Gasteiger partial charge is 0.242 e. The molecule has 0 saturated carbocycles. The Morgan fingerprint density at radius 3 is 2.57 bits per heavy atom. The molecule has 0 spiro atoms. The maximum Gasteiger partial charge on any atom is 0.242 e. The maximum absolute atomic E-state index is 12.1. The number of hydrogen-bond donors (Lipinski definition) is 1. The molecule has 1 heterocycles. The molecule has 0 radical (unpaired) electrons. The first kappa shape index (κ1) is 15.9. The lowest BCUT2D eigenvalue weighted by atomic mass is 10.3. The summed E-state index contributed by atoms with van der Waals surface area (Å²) in [6.45, 7) is 3.26. The van der Waals surface area contributed by atoms with E-state index in [4.69, 9.17) is 0 Å². The number of nitrogens with one attached hydrogen (secondary N) is 1. The largest absolute Gasteiger partial charge is 0.339 e. The van der Waals surface area contributed by atoms with Gasteiger partial charge in [-0.3, -0.25) is 9.59 Å². The molecule has 1 aliphatic rings. The van der Waals surface area contributed by atoms with E-state index in [0.29, 0.717) is 5.75 Å². The van der Waals surface area contributed by atoms with Gasteiger partial charge in [0.2, 0.25) is 11.8 Å². The standard InChI is InChI=1S/C15H21N3O2S/c1-17(11-14(19)18-9-7-16-8-10-18)15(20)12-21-13-5-3-2-4-6-13/h2-6,16H,7-12H2,1H3. The highest BCUT2D eigenvalue weighted by atomic mass is 32.2. The van der Waals surface area contributed by atoms with Crippen molar-refractivity contribution in [2.45, 2.75) is 4.90 Å². The van der Waals surface area contributed by atoms with Crippen LogP contribution in [0.3, 0.4) is 0 Å². The Morgan fingerprint density at radius 2 is 1.90 bits per heavy atom. The summed E-state index contributed by atoms with van der Waals surface area (Å²) in [5.74, 6) is 0.361.